The molecule has 1 saturated heterocycles. The number of anilines is 2. The van der Waals surface area contributed by atoms with E-state index in [-0.39, 0.29) is 24.3 Å². The van der Waals surface area contributed by atoms with Gasteiger partial charge in [0.15, 0.2) is 12.6 Å². The highest BCUT2D eigenvalue weighted by Gasteiger charge is 2.29. The molecular formula is C27H39N5O4Si2. The van der Waals surface area contributed by atoms with Crippen LogP contribution in [0, 0.1) is 28.7 Å². The first kappa shape index (κ1) is 29.5. The quantitative estimate of drug-likeness (QED) is 0.188. The van der Waals surface area contributed by atoms with Gasteiger partial charge in [-0.2, -0.15) is 10.4 Å². The third-order valence-corrected chi connectivity index (χ3v) is 8.52. The fourth-order valence-corrected chi connectivity index (χ4v) is 5.00. The van der Waals surface area contributed by atoms with Crippen LogP contribution in [-0.2, 0) is 9.47 Å². The highest BCUT2D eigenvalue weighted by molar-refractivity contribution is 6.83. The minimum absolute atomic E-state index is 0.151. The molecule has 0 spiro atoms. The number of nitrogens with one attached hydrogen (secondary N) is 1. The molecule has 1 aromatic carbocycles. The lowest BCUT2D eigenvalue weighted by Gasteiger charge is -2.26. The third-order valence-electron chi connectivity index (χ3n) is 5.94. The van der Waals surface area contributed by atoms with Gasteiger partial charge in [0.2, 0.25) is 0 Å². The zero-order valence-corrected chi connectivity index (χ0v) is 25.3. The number of nitrogens with zero attached hydrogens (tertiary/aromatic N) is 3. The molecule has 2 unspecified atom stereocenters. The number of carbonyl (C=O) groups is 1. The molecule has 1 fully saturated rings. The Morgan fingerprint density at radius 1 is 1.29 bits per heavy atom. The van der Waals surface area contributed by atoms with Crippen molar-refractivity contribution in [3.8, 4) is 23.3 Å². The van der Waals surface area contributed by atoms with E-state index in [0.717, 1.165) is 11.6 Å². The Morgan fingerprint density at radius 3 is 2.71 bits per heavy atom. The number of hydrogen-bond donors (Lipinski definition) is 2. The van der Waals surface area contributed by atoms with E-state index >= 15 is 0 Å². The number of amides is 1. The van der Waals surface area contributed by atoms with Crippen molar-refractivity contribution in [1.82, 2.24) is 9.78 Å². The Hall–Kier alpha value is -3.10. The van der Waals surface area contributed by atoms with Crippen LogP contribution < -0.4 is 15.8 Å². The van der Waals surface area contributed by atoms with Crippen LogP contribution in [0.15, 0.2) is 24.4 Å². The van der Waals surface area contributed by atoms with Gasteiger partial charge >= 0.3 is 0 Å². The van der Waals surface area contributed by atoms with Gasteiger partial charge < -0.3 is 25.3 Å². The molecule has 3 rings (SSSR count). The monoisotopic (exact) mass is 553 g/mol. The summed E-state index contributed by atoms with van der Waals surface area (Å²) in [4.78, 5) is 12.2. The molecule has 2 heterocycles. The van der Waals surface area contributed by atoms with E-state index in [9.17, 15) is 10.1 Å². The summed E-state index contributed by atoms with van der Waals surface area (Å²) in [5.74, 6) is 3.35. The minimum atomic E-state index is -1.65. The lowest BCUT2D eigenvalue weighted by atomic mass is 9.97. The summed E-state index contributed by atoms with van der Waals surface area (Å²) in [5, 5.41) is 17.3. The van der Waals surface area contributed by atoms with E-state index in [0.29, 0.717) is 43.5 Å². The van der Waals surface area contributed by atoms with Crippen molar-refractivity contribution in [3.05, 3.63) is 35.5 Å². The number of primary amides is 1. The number of benzene rings is 1. The minimum Gasteiger partial charge on any atom is -0.466 e. The van der Waals surface area contributed by atoms with Crippen LogP contribution in [0.25, 0.3) is 0 Å². The molecule has 1 aromatic heterocycles. The summed E-state index contributed by atoms with van der Waals surface area (Å²) in [6.45, 7) is 15.2. The van der Waals surface area contributed by atoms with Crippen molar-refractivity contribution in [3.63, 3.8) is 0 Å². The summed E-state index contributed by atoms with van der Waals surface area (Å²) in [5.41, 5.74) is 10.7. The molecule has 38 heavy (non-hydrogen) atoms. The zero-order valence-electron chi connectivity index (χ0n) is 23.3. The molecule has 9 nitrogen and oxygen atoms in total. The Bertz CT molecular complexity index is 1230. The van der Waals surface area contributed by atoms with Gasteiger partial charge in [-0.1, -0.05) is 45.2 Å². The number of rotatable bonds is 10. The number of nitrogens with two attached hydrogens (primary N) is 1. The molecule has 204 valence electrons. The second-order valence-electron chi connectivity index (χ2n) is 11.7. The summed E-state index contributed by atoms with van der Waals surface area (Å²) in [7, 11) is -2.82. The van der Waals surface area contributed by atoms with Gasteiger partial charge in [-0.25, -0.2) is 0 Å². The van der Waals surface area contributed by atoms with Gasteiger partial charge in [0.05, 0.1) is 30.2 Å². The lowest BCUT2D eigenvalue weighted by Crippen LogP contribution is -2.29. The zero-order chi connectivity index (χ0) is 27.9. The topological polar surface area (TPSA) is 124 Å². The second-order valence-corrected chi connectivity index (χ2v) is 22.1. The first-order chi connectivity index (χ1) is 17.9. The first-order valence-corrected chi connectivity index (χ1v) is 20.1. The molecule has 1 amide bonds. The predicted molar refractivity (Wildman–Crippen MR) is 154 cm³/mol. The molecule has 0 bridgehead atoms. The molecule has 2 aromatic rings. The van der Waals surface area contributed by atoms with Crippen molar-refractivity contribution in [2.45, 2.75) is 57.8 Å². The van der Waals surface area contributed by atoms with Crippen molar-refractivity contribution in [2.24, 2.45) is 11.7 Å². The smallest absolute Gasteiger partial charge is 0.254 e. The number of hydrogen-bond acceptors (Lipinski definition) is 7. The highest BCUT2D eigenvalue weighted by atomic mass is 28.3. The number of ether oxygens (including phenoxy) is 3. The fourth-order valence-electron chi connectivity index (χ4n) is 3.73. The van der Waals surface area contributed by atoms with E-state index in [4.69, 9.17) is 19.9 Å². The summed E-state index contributed by atoms with van der Waals surface area (Å²) >= 11 is 0. The van der Waals surface area contributed by atoms with E-state index in [1.165, 1.54) is 0 Å². The average molecular weight is 554 g/mol. The van der Waals surface area contributed by atoms with Gasteiger partial charge in [0, 0.05) is 33.2 Å². The first-order valence-electron chi connectivity index (χ1n) is 12.9. The lowest BCUT2D eigenvalue weighted by molar-refractivity contribution is 0.0219. The average Bonchev–Trinajstić information content (AvgIpc) is 3.26. The van der Waals surface area contributed by atoms with Gasteiger partial charge in [-0.15, -0.1) is 5.54 Å². The van der Waals surface area contributed by atoms with Crippen LogP contribution in [0.5, 0.6) is 5.75 Å². The third kappa shape index (κ3) is 8.74. The molecule has 0 saturated carbocycles. The number of carbonyl (C=O) groups excluding carboxylic acids is 1. The maximum atomic E-state index is 12.2. The Balaban J connectivity index is 1.84. The van der Waals surface area contributed by atoms with Crippen molar-refractivity contribution in [1.29, 1.82) is 5.26 Å². The van der Waals surface area contributed by atoms with Crippen LogP contribution >= 0.6 is 0 Å². The fraction of sp³-hybridized carbons (Fsp3) is 0.519. The standard InChI is InChI=1S/C27H39N5O4Si2/c1-37(2,3)13-10-20-15-22(7-8-25(20)36-19-35-12-14-38(4,5)6)30-27-23(26(29)33)17-32(31-27)24-18-34-11-9-21(24)16-28/h7-8,15,17,21,24H,9,11-12,14,18-19H2,1-6H3,(H2,29,33)(H,30,31). The van der Waals surface area contributed by atoms with Gasteiger partial charge in [0.1, 0.15) is 19.4 Å². The largest absolute Gasteiger partial charge is 0.466 e. The SMILES string of the molecule is C[Si](C)(C)C#Cc1cc(Nc2nn(C3COCCC3C#N)cc2C(N)=O)ccc1OCOCC[Si](C)(C)C. The number of nitriles is 1. The van der Waals surface area contributed by atoms with E-state index in [2.05, 4.69) is 67.2 Å². The number of aromatic nitrogens is 2. The molecule has 0 aliphatic carbocycles. The van der Waals surface area contributed by atoms with Crippen LogP contribution in [0.1, 0.15) is 28.4 Å². The van der Waals surface area contributed by atoms with E-state index in [1.54, 1.807) is 10.9 Å². The predicted octanol–water partition coefficient (Wildman–Crippen LogP) is 4.75. The molecule has 1 aliphatic heterocycles. The molecule has 1 aliphatic rings. The summed E-state index contributed by atoms with van der Waals surface area (Å²) in [6, 6.07) is 8.63. The summed E-state index contributed by atoms with van der Waals surface area (Å²) < 4.78 is 18.8. The van der Waals surface area contributed by atoms with Gasteiger partial charge in [-0.3, -0.25) is 9.48 Å². The Morgan fingerprint density at radius 2 is 2.05 bits per heavy atom. The maximum absolute atomic E-state index is 12.2. The van der Waals surface area contributed by atoms with Crippen molar-refractivity contribution in [2.75, 3.05) is 31.9 Å². The molecule has 0 radical (unpaired) electrons. The Labute approximate surface area is 227 Å². The molecular weight excluding hydrogens is 515 g/mol. The van der Waals surface area contributed by atoms with Crippen LogP contribution in [0.3, 0.4) is 0 Å². The molecule has 11 heteroatoms. The van der Waals surface area contributed by atoms with Crippen LogP contribution in [0.2, 0.25) is 45.3 Å². The molecule has 2 atom stereocenters. The highest BCUT2D eigenvalue weighted by Crippen LogP contribution is 2.30. The summed E-state index contributed by atoms with van der Waals surface area (Å²) in [6.07, 6.45) is 2.19. The van der Waals surface area contributed by atoms with Crippen molar-refractivity contribution >= 4 is 33.6 Å². The molecule has 3 N–H and O–H groups in total. The normalized spacial score (nSPS) is 17.7. The maximum Gasteiger partial charge on any atom is 0.254 e. The van der Waals surface area contributed by atoms with E-state index in [1.807, 2.05) is 18.2 Å². The Kier molecular flexibility index (Phi) is 9.79. The second kappa shape index (κ2) is 12.6. The van der Waals surface area contributed by atoms with Crippen LogP contribution in [-0.4, -0.2) is 58.4 Å². The van der Waals surface area contributed by atoms with Gasteiger partial charge in [0.25, 0.3) is 5.91 Å². The van der Waals surface area contributed by atoms with Crippen LogP contribution in [0.4, 0.5) is 11.5 Å². The van der Waals surface area contributed by atoms with Crippen molar-refractivity contribution < 1.29 is 19.0 Å². The van der Waals surface area contributed by atoms with E-state index < -0.39 is 22.1 Å². The van der Waals surface area contributed by atoms with Gasteiger partial charge in [-0.05, 0) is 30.7 Å².